The molecule has 1 heterocycles. The van der Waals surface area contributed by atoms with Crippen LogP contribution in [-0.2, 0) is 0 Å². The summed E-state index contributed by atoms with van der Waals surface area (Å²) >= 11 is 0. The Bertz CT molecular complexity index is 281. The van der Waals surface area contributed by atoms with Crippen molar-refractivity contribution in [2.45, 2.75) is 18.6 Å². The van der Waals surface area contributed by atoms with Crippen molar-refractivity contribution in [2.75, 3.05) is 13.1 Å². The topological polar surface area (TPSA) is 41.5 Å². The fourth-order valence-corrected chi connectivity index (χ4v) is 1.63. The fourth-order valence-electron chi connectivity index (χ4n) is 1.63. The van der Waals surface area contributed by atoms with Crippen LogP contribution in [0.15, 0.2) is 30.3 Å². The Morgan fingerprint density at radius 2 is 2.00 bits per heavy atom. The van der Waals surface area contributed by atoms with Crippen LogP contribution in [0.5, 0.6) is 5.75 Å². The van der Waals surface area contributed by atoms with Crippen molar-refractivity contribution in [1.29, 1.82) is 0 Å². The minimum absolute atomic E-state index is 0. The summed E-state index contributed by atoms with van der Waals surface area (Å²) in [5, 5.41) is 12.8. The van der Waals surface area contributed by atoms with Crippen molar-refractivity contribution in [2.24, 2.45) is 0 Å². The average molecular weight is 230 g/mol. The molecule has 84 valence electrons. The number of para-hydroxylation sites is 1. The highest BCUT2D eigenvalue weighted by Gasteiger charge is 2.24. The van der Waals surface area contributed by atoms with E-state index in [0.29, 0.717) is 6.54 Å². The van der Waals surface area contributed by atoms with Gasteiger partial charge in [-0.25, -0.2) is 0 Å². The molecule has 0 radical (unpaired) electrons. The highest BCUT2D eigenvalue weighted by molar-refractivity contribution is 5.85. The molecule has 0 amide bonds. The second-order valence-corrected chi connectivity index (χ2v) is 3.53. The summed E-state index contributed by atoms with van der Waals surface area (Å²) in [6, 6.07) is 9.64. The van der Waals surface area contributed by atoms with Gasteiger partial charge in [-0.3, -0.25) is 0 Å². The van der Waals surface area contributed by atoms with E-state index in [0.717, 1.165) is 18.7 Å². The minimum atomic E-state index is -0.399. The van der Waals surface area contributed by atoms with Gasteiger partial charge in [0.05, 0.1) is 0 Å². The van der Waals surface area contributed by atoms with Gasteiger partial charge in [0.2, 0.25) is 0 Å². The van der Waals surface area contributed by atoms with E-state index in [1.165, 1.54) is 0 Å². The summed E-state index contributed by atoms with van der Waals surface area (Å²) in [7, 11) is 0. The quantitative estimate of drug-likeness (QED) is 0.801. The molecule has 0 aromatic heterocycles. The molecule has 2 unspecified atom stereocenters. The number of ether oxygens (including phenoxy) is 1. The van der Waals surface area contributed by atoms with Crippen LogP contribution in [0.25, 0.3) is 0 Å². The molecule has 0 saturated carbocycles. The van der Waals surface area contributed by atoms with E-state index in [-0.39, 0.29) is 18.5 Å². The number of piperidine rings is 1. The van der Waals surface area contributed by atoms with Gasteiger partial charge < -0.3 is 15.2 Å². The van der Waals surface area contributed by atoms with Gasteiger partial charge >= 0.3 is 0 Å². The molecule has 15 heavy (non-hydrogen) atoms. The van der Waals surface area contributed by atoms with Gasteiger partial charge in [-0.15, -0.1) is 12.4 Å². The van der Waals surface area contributed by atoms with Crippen molar-refractivity contribution in [3.63, 3.8) is 0 Å². The number of hydrogen-bond acceptors (Lipinski definition) is 3. The van der Waals surface area contributed by atoms with Crippen LogP contribution in [0.3, 0.4) is 0 Å². The lowest BCUT2D eigenvalue weighted by Gasteiger charge is -2.28. The first kappa shape index (κ1) is 12.3. The molecule has 2 rings (SSSR count). The standard InChI is InChI=1S/C11H15NO2.ClH/c13-10-8-12-7-6-11(10)14-9-4-2-1-3-5-9;/h1-5,10-13H,6-8H2;1H. The molecule has 1 aromatic rings. The summed E-state index contributed by atoms with van der Waals surface area (Å²) in [6.45, 7) is 1.53. The van der Waals surface area contributed by atoms with Gasteiger partial charge in [-0.2, -0.15) is 0 Å². The number of nitrogens with one attached hydrogen (secondary N) is 1. The molecule has 0 aliphatic carbocycles. The van der Waals surface area contributed by atoms with E-state index in [1.807, 2.05) is 30.3 Å². The maximum Gasteiger partial charge on any atom is 0.127 e. The summed E-state index contributed by atoms with van der Waals surface area (Å²) in [6.07, 6.45) is 0.387. The molecular weight excluding hydrogens is 214 g/mol. The predicted molar refractivity (Wildman–Crippen MR) is 61.6 cm³/mol. The molecule has 0 bridgehead atoms. The number of rotatable bonds is 2. The molecule has 1 fully saturated rings. The normalized spacial score (nSPS) is 25.4. The fraction of sp³-hybridized carbons (Fsp3) is 0.455. The number of hydrogen-bond donors (Lipinski definition) is 2. The predicted octanol–water partition coefficient (Wildman–Crippen LogP) is 1.21. The van der Waals surface area contributed by atoms with Crippen molar-refractivity contribution in [1.82, 2.24) is 5.32 Å². The zero-order valence-corrected chi connectivity index (χ0v) is 9.24. The molecule has 1 aliphatic rings. The lowest BCUT2D eigenvalue weighted by molar-refractivity contribution is 0.0163. The number of halogens is 1. The van der Waals surface area contributed by atoms with Crippen LogP contribution in [0.2, 0.25) is 0 Å². The maximum atomic E-state index is 9.64. The zero-order chi connectivity index (χ0) is 9.80. The van der Waals surface area contributed by atoms with Crippen LogP contribution in [0.4, 0.5) is 0 Å². The molecule has 1 saturated heterocycles. The second-order valence-electron chi connectivity index (χ2n) is 3.53. The van der Waals surface area contributed by atoms with E-state index in [2.05, 4.69) is 5.32 Å². The van der Waals surface area contributed by atoms with Gasteiger partial charge in [-0.05, 0) is 25.1 Å². The third-order valence-corrected chi connectivity index (χ3v) is 2.42. The molecule has 3 nitrogen and oxygen atoms in total. The van der Waals surface area contributed by atoms with Crippen molar-refractivity contribution >= 4 is 12.4 Å². The Kier molecular flexibility index (Phi) is 4.88. The first-order valence-corrected chi connectivity index (χ1v) is 4.97. The summed E-state index contributed by atoms with van der Waals surface area (Å²) < 4.78 is 5.68. The number of aliphatic hydroxyl groups excluding tert-OH is 1. The largest absolute Gasteiger partial charge is 0.488 e. The molecule has 0 spiro atoms. The monoisotopic (exact) mass is 229 g/mol. The third kappa shape index (κ3) is 3.38. The van der Waals surface area contributed by atoms with Crippen molar-refractivity contribution in [3.8, 4) is 5.75 Å². The van der Waals surface area contributed by atoms with E-state index >= 15 is 0 Å². The lowest BCUT2D eigenvalue weighted by Crippen LogP contribution is -2.46. The van der Waals surface area contributed by atoms with Crippen LogP contribution in [0.1, 0.15) is 6.42 Å². The van der Waals surface area contributed by atoms with Crippen molar-refractivity contribution in [3.05, 3.63) is 30.3 Å². The first-order valence-electron chi connectivity index (χ1n) is 4.97. The molecule has 1 aromatic carbocycles. The Morgan fingerprint density at radius 3 is 2.67 bits per heavy atom. The summed E-state index contributed by atoms with van der Waals surface area (Å²) in [5.41, 5.74) is 0. The number of β-amino-alcohol motifs (C(OH)–C–C–N with tert-alkyl or cyclic N) is 1. The van der Waals surface area contributed by atoms with E-state index in [4.69, 9.17) is 4.74 Å². The molecule has 2 N–H and O–H groups in total. The van der Waals surface area contributed by atoms with Gasteiger partial charge in [0.1, 0.15) is 18.0 Å². The first-order chi connectivity index (χ1) is 6.86. The Morgan fingerprint density at radius 1 is 1.27 bits per heavy atom. The van der Waals surface area contributed by atoms with Crippen LogP contribution in [-0.4, -0.2) is 30.4 Å². The highest BCUT2D eigenvalue weighted by Crippen LogP contribution is 2.15. The van der Waals surface area contributed by atoms with Crippen LogP contribution >= 0.6 is 12.4 Å². The number of aliphatic hydroxyl groups is 1. The summed E-state index contributed by atoms with van der Waals surface area (Å²) in [4.78, 5) is 0. The van der Waals surface area contributed by atoms with Crippen LogP contribution in [0, 0.1) is 0 Å². The highest BCUT2D eigenvalue weighted by atomic mass is 35.5. The molecule has 1 aliphatic heterocycles. The Hall–Kier alpha value is -0.770. The third-order valence-electron chi connectivity index (χ3n) is 2.42. The van der Waals surface area contributed by atoms with Gasteiger partial charge in [0.15, 0.2) is 0 Å². The zero-order valence-electron chi connectivity index (χ0n) is 8.43. The molecular formula is C11H16ClNO2. The average Bonchev–Trinajstić information content (AvgIpc) is 2.23. The summed E-state index contributed by atoms with van der Waals surface area (Å²) in [5.74, 6) is 0.832. The van der Waals surface area contributed by atoms with E-state index in [1.54, 1.807) is 0 Å². The number of benzene rings is 1. The van der Waals surface area contributed by atoms with E-state index < -0.39 is 6.10 Å². The Balaban J connectivity index is 0.00000112. The maximum absolute atomic E-state index is 9.64. The molecule has 4 heteroatoms. The van der Waals surface area contributed by atoms with Gasteiger partial charge in [0, 0.05) is 6.54 Å². The van der Waals surface area contributed by atoms with E-state index in [9.17, 15) is 5.11 Å². The lowest BCUT2D eigenvalue weighted by atomic mass is 10.1. The SMILES string of the molecule is Cl.OC1CNCCC1Oc1ccccc1. The van der Waals surface area contributed by atoms with Gasteiger partial charge in [-0.1, -0.05) is 18.2 Å². The van der Waals surface area contributed by atoms with Gasteiger partial charge in [0.25, 0.3) is 0 Å². The smallest absolute Gasteiger partial charge is 0.127 e. The second kappa shape index (κ2) is 5.95. The minimum Gasteiger partial charge on any atom is -0.488 e. The molecule has 2 atom stereocenters. The van der Waals surface area contributed by atoms with Crippen LogP contribution < -0.4 is 10.1 Å². The Labute approximate surface area is 95.9 Å². The van der Waals surface area contributed by atoms with Crippen molar-refractivity contribution < 1.29 is 9.84 Å².